The largest absolute Gasteiger partial charge is 0.369 e. The van der Waals surface area contributed by atoms with Gasteiger partial charge in [0.25, 0.3) is 5.91 Å². The lowest BCUT2D eigenvalue weighted by molar-refractivity contribution is 0.0821. The highest BCUT2D eigenvalue weighted by Gasteiger charge is 2.22. The first-order valence-corrected chi connectivity index (χ1v) is 7.03. The van der Waals surface area contributed by atoms with Crippen molar-refractivity contribution < 1.29 is 9.18 Å². The molecule has 0 aliphatic carbocycles. The molecular weight excluding hydrogens is 330 g/mol. The molecule has 0 radical (unpaired) electrons. The second-order valence-corrected chi connectivity index (χ2v) is 5.55. The average Bonchev–Trinajstić information content (AvgIpc) is 2.45. The first-order chi connectivity index (χ1) is 10.4. The predicted molar refractivity (Wildman–Crippen MR) is 86.3 cm³/mol. The molecule has 1 aromatic rings. The van der Waals surface area contributed by atoms with Gasteiger partial charge < -0.3 is 4.90 Å². The number of rotatable bonds is 2. The first-order valence-electron chi connectivity index (χ1n) is 6.27. The minimum Gasteiger partial charge on any atom is -0.369 e. The van der Waals surface area contributed by atoms with E-state index in [2.05, 4.69) is 9.98 Å². The highest BCUT2D eigenvalue weighted by atomic mass is 35.5. The fourth-order valence-electron chi connectivity index (χ4n) is 1.67. The molecule has 0 aromatic heterocycles. The van der Waals surface area contributed by atoms with Crippen LogP contribution >= 0.6 is 23.2 Å². The fraction of sp³-hybridized carbons (Fsp3) is 0.214. The van der Waals surface area contributed by atoms with Gasteiger partial charge in [0.1, 0.15) is 6.67 Å². The Morgan fingerprint density at radius 3 is 2.77 bits per heavy atom. The molecule has 1 aliphatic heterocycles. The summed E-state index contributed by atoms with van der Waals surface area (Å²) < 4.78 is 13.9. The lowest BCUT2D eigenvalue weighted by Gasteiger charge is -2.20. The molecule has 0 saturated carbocycles. The molecule has 8 heteroatoms. The third-order valence-corrected chi connectivity index (χ3v) is 3.24. The fourth-order valence-corrected chi connectivity index (χ4v) is 2.16. The third kappa shape index (κ3) is 3.84. The number of nitrogens with zero attached hydrogens (tertiary/aromatic N) is 4. The van der Waals surface area contributed by atoms with Crippen molar-refractivity contribution >= 4 is 41.3 Å². The van der Waals surface area contributed by atoms with Crippen molar-refractivity contribution in [3.8, 4) is 0 Å². The van der Waals surface area contributed by atoms with Crippen LogP contribution < -0.4 is 0 Å². The Morgan fingerprint density at radius 2 is 2.18 bits per heavy atom. The van der Waals surface area contributed by atoms with Crippen molar-refractivity contribution in [2.75, 3.05) is 20.8 Å². The van der Waals surface area contributed by atoms with E-state index in [1.54, 1.807) is 25.1 Å². The van der Waals surface area contributed by atoms with Gasteiger partial charge in [0.05, 0.1) is 16.9 Å². The molecule has 0 bridgehead atoms. The summed E-state index contributed by atoms with van der Waals surface area (Å²) in [5.74, 6) is -1.21. The Hall–Kier alpha value is -1.92. The van der Waals surface area contributed by atoms with Crippen molar-refractivity contribution in [2.45, 2.75) is 0 Å². The molecule has 1 aromatic carbocycles. The third-order valence-electron chi connectivity index (χ3n) is 2.69. The quantitative estimate of drug-likeness (QED) is 0.612. The van der Waals surface area contributed by atoms with Gasteiger partial charge in [0, 0.05) is 25.3 Å². The Labute approximate surface area is 137 Å². The van der Waals surface area contributed by atoms with Gasteiger partial charge in [0.2, 0.25) is 0 Å². The van der Waals surface area contributed by atoms with Crippen LogP contribution in [-0.2, 0) is 0 Å². The SMILES string of the molecule is CN(C)C=NC1=NCN(C(=O)c2ccc(Cl)cc2Cl)C=C1F. The van der Waals surface area contributed by atoms with Crippen molar-refractivity contribution in [3.63, 3.8) is 0 Å². The Bertz CT molecular complexity index is 685. The summed E-state index contributed by atoms with van der Waals surface area (Å²) in [6.45, 7) is -0.0364. The zero-order valence-electron chi connectivity index (χ0n) is 11.9. The first kappa shape index (κ1) is 16.5. The molecule has 1 amide bonds. The van der Waals surface area contributed by atoms with Crippen molar-refractivity contribution in [2.24, 2.45) is 9.98 Å². The number of hydrogen-bond acceptors (Lipinski definition) is 3. The normalized spacial score (nSPS) is 14.9. The highest BCUT2D eigenvalue weighted by molar-refractivity contribution is 6.36. The molecule has 5 nitrogen and oxygen atoms in total. The second-order valence-electron chi connectivity index (χ2n) is 4.71. The molecule has 0 unspecified atom stereocenters. The number of amidine groups is 1. The number of carbonyl (C=O) groups excluding carboxylic acids is 1. The number of amides is 1. The minimum absolute atomic E-state index is 0.0364. The maximum absolute atomic E-state index is 13.9. The van der Waals surface area contributed by atoms with Gasteiger partial charge in [-0.05, 0) is 18.2 Å². The molecule has 22 heavy (non-hydrogen) atoms. The summed E-state index contributed by atoms with van der Waals surface area (Å²) >= 11 is 11.8. The summed E-state index contributed by atoms with van der Waals surface area (Å²) in [4.78, 5) is 22.9. The predicted octanol–water partition coefficient (Wildman–Crippen LogP) is 3.21. The number of halogens is 3. The molecule has 0 fully saturated rings. The summed E-state index contributed by atoms with van der Waals surface area (Å²) in [5.41, 5.74) is 0.227. The van der Waals surface area contributed by atoms with E-state index in [1.165, 1.54) is 18.5 Å². The van der Waals surface area contributed by atoms with E-state index < -0.39 is 11.7 Å². The monoisotopic (exact) mass is 342 g/mol. The van der Waals surface area contributed by atoms with Gasteiger partial charge in [-0.25, -0.2) is 14.4 Å². The average molecular weight is 343 g/mol. The van der Waals surface area contributed by atoms with Gasteiger partial charge in [-0.1, -0.05) is 23.2 Å². The molecule has 0 N–H and O–H groups in total. The smallest absolute Gasteiger partial charge is 0.260 e. The number of carbonyl (C=O) groups is 1. The summed E-state index contributed by atoms with van der Waals surface area (Å²) in [6.07, 6.45) is 2.49. The Balaban J connectivity index is 2.18. The summed E-state index contributed by atoms with van der Waals surface area (Å²) in [7, 11) is 3.51. The molecule has 1 heterocycles. The number of hydrogen-bond donors (Lipinski definition) is 0. The Morgan fingerprint density at radius 1 is 1.45 bits per heavy atom. The molecular formula is C14H13Cl2FN4O. The molecule has 0 saturated heterocycles. The lowest BCUT2D eigenvalue weighted by Crippen LogP contribution is -2.30. The van der Waals surface area contributed by atoms with Crippen LogP contribution in [0, 0.1) is 0 Å². The van der Waals surface area contributed by atoms with E-state index in [0.29, 0.717) is 5.02 Å². The van der Waals surface area contributed by atoms with E-state index in [4.69, 9.17) is 23.2 Å². The van der Waals surface area contributed by atoms with Crippen LogP contribution in [0.2, 0.25) is 10.0 Å². The maximum atomic E-state index is 13.9. The molecule has 2 rings (SSSR count). The van der Waals surface area contributed by atoms with Crippen molar-refractivity contribution in [3.05, 3.63) is 45.8 Å². The highest BCUT2D eigenvalue weighted by Crippen LogP contribution is 2.23. The summed E-state index contributed by atoms with van der Waals surface area (Å²) in [5, 5.41) is 0.618. The van der Waals surface area contributed by atoms with Crippen molar-refractivity contribution in [1.82, 2.24) is 9.80 Å². The minimum atomic E-state index is -0.692. The molecule has 0 spiro atoms. The van der Waals surface area contributed by atoms with Crippen LogP contribution in [0.15, 0.2) is 40.2 Å². The lowest BCUT2D eigenvalue weighted by atomic mass is 10.2. The van der Waals surface area contributed by atoms with Gasteiger partial charge in [-0.3, -0.25) is 9.69 Å². The van der Waals surface area contributed by atoms with E-state index in [0.717, 1.165) is 11.1 Å². The standard InChI is InChI=1S/C14H13Cl2FN4O/c1-20(2)7-18-13-12(17)6-21(8-19-13)14(22)10-4-3-9(15)5-11(10)16/h3-7H,8H2,1-2H3. The zero-order chi connectivity index (χ0) is 16.3. The number of aliphatic imine (C=N–C) groups is 2. The topological polar surface area (TPSA) is 48.3 Å². The van der Waals surface area contributed by atoms with Gasteiger partial charge in [-0.15, -0.1) is 0 Å². The van der Waals surface area contributed by atoms with Crippen LogP contribution in [0.25, 0.3) is 0 Å². The van der Waals surface area contributed by atoms with Gasteiger partial charge in [-0.2, -0.15) is 0 Å². The van der Waals surface area contributed by atoms with E-state index >= 15 is 0 Å². The maximum Gasteiger partial charge on any atom is 0.260 e. The van der Waals surface area contributed by atoms with Crippen LogP contribution in [0.4, 0.5) is 4.39 Å². The Kier molecular flexibility index (Phi) is 5.15. The van der Waals surface area contributed by atoms with Crippen LogP contribution in [-0.4, -0.2) is 48.6 Å². The van der Waals surface area contributed by atoms with Crippen LogP contribution in [0.5, 0.6) is 0 Å². The summed E-state index contributed by atoms with van der Waals surface area (Å²) in [6, 6.07) is 4.49. The van der Waals surface area contributed by atoms with Crippen LogP contribution in [0.3, 0.4) is 0 Å². The van der Waals surface area contributed by atoms with E-state index in [-0.39, 0.29) is 23.1 Å². The van der Waals surface area contributed by atoms with E-state index in [1.807, 2.05) is 0 Å². The van der Waals surface area contributed by atoms with E-state index in [9.17, 15) is 9.18 Å². The molecule has 0 atom stereocenters. The van der Waals surface area contributed by atoms with Gasteiger partial charge in [0.15, 0.2) is 11.7 Å². The van der Waals surface area contributed by atoms with Crippen LogP contribution in [0.1, 0.15) is 10.4 Å². The molecule has 1 aliphatic rings. The number of benzene rings is 1. The van der Waals surface area contributed by atoms with Gasteiger partial charge >= 0.3 is 0 Å². The zero-order valence-corrected chi connectivity index (χ0v) is 13.4. The van der Waals surface area contributed by atoms with Crippen molar-refractivity contribution in [1.29, 1.82) is 0 Å². The molecule has 116 valence electrons. The second kappa shape index (κ2) is 6.89.